The molecule has 17 heavy (non-hydrogen) atoms. The predicted molar refractivity (Wildman–Crippen MR) is 76.2 cm³/mol. The van der Waals surface area contributed by atoms with Gasteiger partial charge < -0.3 is 5.32 Å². The molecular formula is C15H18BrN. The molecule has 1 aromatic carbocycles. The van der Waals surface area contributed by atoms with Crippen LogP contribution in [0, 0.1) is 24.7 Å². The Morgan fingerprint density at radius 1 is 1.24 bits per heavy atom. The highest BCUT2D eigenvalue weighted by molar-refractivity contribution is 9.10. The smallest absolute Gasteiger partial charge is 0.0354 e. The van der Waals surface area contributed by atoms with Crippen LogP contribution in [-0.2, 0) is 0 Å². The minimum atomic E-state index is 0.834. The van der Waals surface area contributed by atoms with Gasteiger partial charge in [-0.3, -0.25) is 0 Å². The molecule has 1 saturated carbocycles. The van der Waals surface area contributed by atoms with Crippen LogP contribution in [-0.4, -0.2) is 6.54 Å². The SMILES string of the molecule is Cc1cc(Br)cc(NCC2CC3C=CC2C3)c1. The lowest BCUT2D eigenvalue weighted by Crippen LogP contribution is -2.18. The molecule has 1 N–H and O–H groups in total. The molecule has 3 atom stereocenters. The number of hydrogen-bond donors (Lipinski definition) is 1. The second kappa shape index (κ2) is 4.49. The van der Waals surface area contributed by atoms with Gasteiger partial charge in [0.1, 0.15) is 0 Å². The number of nitrogens with one attached hydrogen (secondary N) is 1. The Morgan fingerprint density at radius 2 is 2.12 bits per heavy atom. The van der Waals surface area contributed by atoms with Gasteiger partial charge in [-0.1, -0.05) is 28.1 Å². The minimum Gasteiger partial charge on any atom is -0.385 e. The van der Waals surface area contributed by atoms with Crippen molar-refractivity contribution in [2.45, 2.75) is 19.8 Å². The monoisotopic (exact) mass is 291 g/mol. The summed E-state index contributed by atoms with van der Waals surface area (Å²) in [6, 6.07) is 6.52. The maximum absolute atomic E-state index is 3.59. The Morgan fingerprint density at radius 3 is 2.76 bits per heavy atom. The fourth-order valence-electron chi connectivity index (χ4n) is 3.22. The summed E-state index contributed by atoms with van der Waals surface area (Å²) in [4.78, 5) is 0. The number of allylic oxidation sites excluding steroid dienone is 2. The first-order valence-electron chi connectivity index (χ1n) is 6.40. The second-order valence-corrected chi connectivity index (χ2v) is 6.35. The van der Waals surface area contributed by atoms with Gasteiger partial charge in [0.2, 0.25) is 0 Å². The molecule has 0 spiro atoms. The molecule has 0 heterocycles. The van der Waals surface area contributed by atoms with Crippen LogP contribution in [0.1, 0.15) is 18.4 Å². The first-order chi connectivity index (χ1) is 8.20. The molecule has 1 aromatic rings. The number of rotatable bonds is 3. The molecule has 2 bridgehead atoms. The molecule has 1 nitrogen and oxygen atoms in total. The van der Waals surface area contributed by atoms with Crippen LogP contribution < -0.4 is 5.32 Å². The molecule has 0 saturated heterocycles. The third-order valence-corrected chi connectivity index (χ3v) is 4.48. The van der Waals surface area contributed by atoms with Gasteiger partial charge in [-0.25, -0.2) is 0 Å². The lowest BCUT2D eigenvalue weighted by Gasteiger charge is -2.19. The van der Waals surface area contributed by atoms with E-state index in [4.69, 9.17) is 0 Å². The summed E-state index contributed by atoms with van der Waals surface area (Å²) in [7, 11) is 0. The number of anilines is 1. The molecule has 0 amide bonds. The molecular weight excluding hydrogens is 274 g/mol. The van der Waals surface area contributed by atoms with Gasteiger partial charge in [0.15, 0.2) is 0 Å². The maximum Gasteiger partial charge on any atom is 0.0354 e. The number of halogens is 1. The lowest BCUT2D eigenvalue weighted by molar-refractivity contribution is 0.472. The summed E-state index contributed by atoms with van der Waals surface area (Å²) in [5, 5.41) is 3.59. The van der Waals surface area contributed by atoms with Crippen LogP contribution >= 0.6 is 15.9 Å². The Labute approximate surface area is 111 Å². The van der Waals surface area contributed by atoms with Crippen molar-refractivity contribution in [1.29, 1.82) is 0 Å². The quantitative estimate of drug-likeness (QED) is 0.815. The zero-order valence-corrected chi connectivity index (χ0v) is 11.7. The number of benzene rings is 1. The van der Waals surface area contributed by atoms with E-state index in [9.17, 15) is 0 Å². The van der Waals surface area contributed by atoms with Gasteiger partial charge in [-0.15, -0.1) is 0 Å². The van der Waals surface area contributed by atoms with Crippen LogP contribution in [0.4, 0.5) is 5.69 Å². The van der Waals surface area contributed by atoms with Gasteiger partial charge in [0.25, 0.3) is 0 Å². The highest BCUT2D eigenvalue weighted by atomic mass is 79.9. The third-order valence-electron chi connectivity index (χ3n) is 4.03. The van der Waals surface area contributed by atoms with E-state index >= 15 is 0 Å². The van der Waals surface area contributed by atoms with E-state index < -0.39 is 0 Å². The van der Waals surface area contributed by atoms with Gasteiger partial charge in [-0.2, -0.15) is 0 Å². The van der Waals surface area contributed by atoms with E-state index in [0.717, 1.165) is 28.8 Å². The summed E-state index contributed by atoms with van der Waals surface area (Å²) in [5.74, 6) is 2.54. The Bertz CT molecular complexity index is 432. The average molecular weight is 292 g/mol. The van der Waals surface area contributed by atoms with Crippen LogP contribution in [0.2, 0.25) is 0 Å². The molecule has 0 aliphatic heterocycles. The summed E-state index contributed by atoms with van der Waals surface area (Å²) in [6.45, 7) is 3.25. The van der Waals surface area contributed by atoms with Crippen molar-refractivity contribution in [3.8, 4) is 0 Å². The van der Waals surface area contributed by atoms with E-state index in [1.165, 1.54) is 24.1 Å². The Hall–Kier alpha value is -0.760. The van der Waals surface area contributed by atoms with Crippen molar-refractivity contribution in [2.75, 3.05) is 11.9 Å². The number of hydrogen-bond acceptors (Lipinski definition) is 1. The largest absolute Gasteiger partial charge is 0.385 e. The maximum atomic E-state index is 3.59. The van der Waals surface area contributed by atoms with Gasteiger partial charge in [0, 0.05) is 16.7 Å². The van der Waals surface area contributed by atoms with Crippen molar-refractivity contribution >= 4 is 21.6 Å². The molecule has 0 radical (unpaired) electrons. The Kier molecular flexibility index (Phi) is 2.99. The fourth-order valence-corrected chi connectivity index (χ4v) is 3.82. The van der Waals surface area contributed by atoms with Crippen LogP contribution in [0.15, 0.2) is 34.8 Å². The molecule has 2 aliphatic carbocycles. The van der Waals surface area contributed by atoms with E-state index in [0.29, 0.717) is 0 Å². The highest BCUT2D eigenvalue weighted by Crippen LogP contribution is 2.43. The molecule has 3 unspecified atom stereocenters. The first kappa shape index (κ1) is 11.3. The molecule has 2 aliphatic rings. The van der Waals surface area contributed by atoms with Crippen LogP contribution in [0.25, 0.3) is 0 Å². The van der Waals surface area contributed by atoms with Crippen molar-refractivity contribution in [3.05, 3.63) is 40.4 Å². The zero-order chi connectivity index (χ0) is 11.8. The third kappa shape index (κ3) is 2.42. The molecule has 1 fully saturated rings. The van der Waals surface area contributed by atoms with E-state index in [1.807, 2.05) is 0 Å². The van der Waals surface area contributed by atoms with Crippen molar-refractivity contribution in [2.24, 2.45) is 17.8 Å². The van der Waals surface area contributed by atoms with Gasteiger partial charge >= 0.3 is 0 Å². The standard InChI is InChI=1S/C15H18BrN/c1-10-4-14(16)8-15(5-10)17-9-13-7-11-2-3-12(13)6-11/h2-5,8,11-13,17H,6-7,9H2,1H3. The topological polar surface area (TPSA) is 12.0 Å². The summed E-state index contributed by atoms with van der Waals surface area (Å²) in [5.41, 5.74) is 2.54. The number of aryl methyl sites for hydroxylation is 1. The Balaban J connectivity index is 1.62. The summed E-state index contributed by atoms with van der Waals surface area (Å²) >= 11 is 3.55. The molecule has 0 aromatic heterocycles. The second-order valence-electron chi connectivity index (χ2n) is 5.44. The molecule has 2 heteroatoms. The summed E-state index contributed by atoms with van der Waals surface area (Å²) in [6.07, 6.45) is 7.60. The average Bonchev–Trinajstić information content (AvgIpc) is 2.86. The number of fused-ring (bicyclic) bond motifs is 2. The molecule has 90 valence electrons. The lowest BCUT2D eigenvalue weighted by atomic mass is 9.93. The van der Waals surface area contributed by atoms with Crippen LogP contribution in [0.5, 0.6) is 0 Å². The fraction of sp³-hybridized carbons (Fsp3) is 0.467. The zero-order valence-electron chi connectivity index (χ0n) is 10.1. The predicted octanol–water partition coefficient (Wildman–Crippen LogP) is 4.38. The van der Waals surface area contributed by atoms with Crippen molar-refractivity contribution in [1.82, 2.24) is 0 Å². The van der Waals surface area contributed by atoms with Crippen LogP contribution in [0.3, 0.4) is 0 Å². The highest BCUT2D eigenvalue weighted by Gasteiger charge is 2.35. The first-order valence-corrected chi connectivity index (χ1v) is 7.19. The van der Waals surface area contributed by atoms with E-state index in [-0.39, 0.29) is 0 Å². The van der Waals surface area contributed by atoms with E-state index in [1.54, 1.807) is 0 Å². The normalized spacial score (nSPS) is 29.9. The van der Waals surface area contributed by atoms with Gasteiger partial charge in [-0.05, 0) is 61.3 Å². The molecule has 3 rings (SSSR count). The minimum absolute atomic E-state index is 0.834. The van der Waals surface area contributed by atoms with Gasteiger partial charge in [0.05, 0.1) is 0 Å². The van der Waals surface area contributed by atoms with Crippen molar-refractivity contribution < 1.29 is 0 Å². The summed E-state index contributed by atoms with van der Waals surface area (Å²) < 4.78 is 1.16. The van der Waals surface area contributed by atoms with Crippen molar-refractivity contribution in [3.63, 3.8) is 0 Å². The van der Waals surface area contributed by atoms with E-state index in [2.05, 4.69) is 58.5 Å².